The van der Waals surface area contributed by atoms with Gasteiger partial charge in [-0.3, -0.25) is 0 Å². The molecule has 2 aromatic carbocycles. The number of hydrogen-bond acceptors (Lipinski definition) is 6. The number of benzene rings is 2. The molecule has 0 aliphatic carbocycles. The molecule has 0 aliphatic rings. The van der Waals surface area contributed by atoms with Crippen molar-refractivity contribution in [2.24, 2.45) is 0 Å². The molecule has 0 bridgehead atoms. The summed E-state index contributed by atoms with van der Waals surface area (Å²) in [6, 6.07) is 11.5. The third-order valence-electron chi connectivity index (χ3n) is 4.27. The van der Waals surface area contributed by atoms with Gasteiger partial charge < -0.3 is 9.84 Å². The highest BCUT2D eigenvalue weighted by Gasteiger charge is 2.29. The molecule has 29 heavy (non-hydrogen) atoms. The van der Waals surface area contributed by atoms with E-state index in [-0.39, 0.29) is 0 Å². The maximum absolute atomic E-state index is 11.3. The second-order valence-electron chi connectivity index (χ2n) is 7.11. The third kappa shape index (κ3) is 5.29. The number of aryl methyl sites for hydroxylation is 2. The summed E-state index contributed by atoms with van der Waals surface area (Å²) in [5, 5.41) is 10.9. The lowest BCUT2D eigenvalue weighted by molar-refractivity contribution is -0.152. The summed E-state index contributed by atoms with van der Waals surface area (Å²) in [6.07, 6.45) is 0. The molecule has 3 rings (SSSR count). The minimum absolute atomic E-state index is 0.568. The number of aromatic nitrogens is 2. The van der Waals surface area contributed by atoms with Crippen molar-refractivity contribution < 1.29 is 14.6 Å². The van der Waals surface area contributed by atoms with Crippen LogP contribution in [-0.4, -0.2) is 26.0 Å². The van der Waals surface area contributed by atoms with Gasteiger partial charge in [-0.25, -0.2) is 9.78 Å². The summed E-state index contributed by atoms with van der Waals surface area (Å²) in [5.74, 6) is 0.974. The van der Waals surface area contributed by atoms with Crippen molar-refractivity contribution in [3.8, 4) is 17.1 Å². The van der Waals surface area contributed by atoms with Gasteiger partial charge >= 0.3 is 5.97 Å². The van der Waals surface area contributed by atoms with Crippen molar-refractivity contribution in [2.75, 3.05) is 0 Å². The van der Waals surface area contributed by atoms with Gasteiger partial charge in [0.1, 0.15) is 10.8 Å². The lowest BCUT2D eigenvalue weighted by Gasteiger charge is -2.22. The lowest BCUT2D eigenvalue weighted by atomic mass is 10.1. The predicted molar refractivity (Wildman–Crippen MR) is 118 cm³/mol. The van der Waals surface area contributed by atoms with Gasteiger partial charge in [-0.1, -0.05) is 11.6 Å². The fourth-order valence-electron chi connectivity index (χ4n) is 2.50. The molecule has 1 aromatic heterocycles. The van der Waals surface area contributed by atoms with Gasteiger partial charge in [0, 0.05) is 15.5 Å². The van der Waals surface area contributed by atoms with Gasteiger partial charge in [0.25, 0.3) is 0 Å². The Bertz CT molecular complexity index is 1050. The van der Waals surface area contributed by atoms with Gasteiger partial charge in [0.05, 0.1) is 5.75 Å². The molecule has 0 fully saturated rings. The molecular weight excluding hydrogens is 428 g/mol. The van der Waals surface area contributed by atoms with Gasteiger partial charge in [-0.05, 0) is 86.8 Å². The molecule has 0 saturated carbocycles. The average Bonchev–Trinajstić information content (AvgIpc) is 3.13. The molecular formula is C21H21ClN2O3S2. The zero-order chi connectivity index (χ0) is 21.2. The van der Waals surface area contributed by atoms with E-state index < -0.39 is 11.6 Å². The van der Waals surface area contributed by atoms with Crippen molar-refractivity contribution in [1.82, 2.24) is 9.36 Å². The fraction of sp³-hybridized carbons (Fsp3) is 0.286. The highest BCUT2D eigenvalue weighted by molar-refractivity contribution is 7.98. The van der Waals surface area contributed by atoms with Crippen molar-refractivity contribution in [3.63, 3.8) is 0 Å². The molecule has 0 atom stereocenters. The number of carboxylic acid groups (broad SMARTS) is 1. The van der Waals surface area contributed by atoms with Crippen LogP contribution in [0.2, 0.25) is 5.02 Å². The molecule has 0 spiro atoms. The van der Waals surface area contributed by atoms with Crippen molar-refractivity contribution in [2.45, 2.75) is 43.9 Å². The lowest BCUT2D eigenvalue weighted by Crippen LogP contribution is -2.38. The molecule has 0 amide bonds. The molecule has 1 heterocycles. The Labute approximate surface area is 183 Å². The molecule has 3 aromatic rings. The Balaban J connectivity index is 1.66. The van der Waals surface area contributed by atoms with Crippen LogP contribution in [0.5, 0.6) is 5.75 Å². The van der Waals surface area contributed by atoms with Gasteiger partial charge in [-0.2, -0.15) is 4.37 Å². The van der Waals surface area contributed by atoms with E-state index >= 15 is 0 Å². The summed E-state index contributed by atoms with van der Waals surface area (Å²) in [4.78, 5) is 16.9. The smallest absolute Gasteiger partial charge is 0.347 e. The Hall–Kier alpha value is -2.09. The second kappa shape index (κ2) is 8.73. The number of rotatable bonds is 7. The predicted octanol–water partition coefficient (Wildman–Crippen LogP) is 6.01. The van der Waals surface area contributed by atoms with Gasteiger partial charge in [-0.15, -0.1) is 11.8 Å². The van der Waals surface area contributed by atoms with E-state index in [2.05, 4.69) is 9.36 Å². The van der Waals surface area contributed by atoms with E-state index in [0.717, 1.165) is 31.6 Å². The summed E-state index contributed by atoms with van der Waals surface area (Å²) in [7, 11) is 0. The van der Waals surface area contributed by atoms with Crippen LogP contribution in [0.4, 0.5) is 0 Å². The van der Waals surface area contributed by atoms with Crippen LogP contribution in [0, 0.1) is 13.8 Å². The molecule has 5 nitrogen and oxygen atoms in total. The Morgan fingerprint density at radius 3 is 2.62 bits per heavy atom. The van der Waals surface area contributed by atoms with Gasteiger partial charge in [0.2, 0.25) is 0 Å². The standard InChI is InChI=1S/C21H21ClN2O3S2/c1-12-9-14(5-7-16(12)22)19-23-18(29-24-19)11-28-15-6-8-17(13(2)10-15)27-21(3,4)20(25)26/h5-10H,11H2,1-4H3,(H,25,26). The van der Waals surface area contributed by atoms with Gasteiger partial charge in [0.15, 0.2) is 11.4 Å². The first-order chi connectivity index (χ1) is 13.7. The Morgan fingerprint density at radius 2 is 1.97 bits per heavy atom. The van der Waals surface area contributed by atoms with Crippen LogP contribution in [0.15, 0.2) is 41.3 Å². The molecule has 0 radical (unpaired) electrons. The first kappa shape index (κ1) is 21.6. The largest absolute Gasteiger partial charge is 0.478 e. The number of nitrogens with zero attached hydrogens (tertiary/aromatic N) is 2. The van der Waals surface area contributed by atoms with Crippen LogP contribution < -0.4 is 4.74 Å². The summed E-state index contributed by atoms with van der Waals surface area (Å²) >= 11 is 9.12. The van der Waals surface area contributed by atoms with Crippen molar-refractivity contribution >= 4 is 40.9 Å². The molecule has 0 unspecified atom stereocenters. The molecule has 8 heteroatoms. The number of halogens is 1. The summed E-state index contributed by atoms with van der Waals surface area (Å²) in [6.45, 7) is 6.94. The average molecular weight is 449 g/mol. The monoisotopic (exact) mass is 448 g/mol. The van der Waals surface area contributed by atoms with E-state index in [1.165, 1.54) is 25.4 Å². The Kier molecular flexibility index (Phi) is 6.51. The molecule has 0 saturated heterocycles. The zero-order valence-electron chi connectivity index (χ0n) is 16.5. The molecule has 1 N–H and O–H groups in total. The topological polar surface area (TPSA) is 72.3 Å². The quantitative estimate of drug-likeness (QED) is 0.446. The number of hydrogen-bond donors (Lipinski definition) is 1. The first-order valence-corrected chi connectivity index (χ1v) is 11.0. The number of carbonyl (C=O) groups is 1. The van der Waals surface area contributed by atoms with E-state index in [1.807, 2.05) is 50.2 Å². The van der Waals surface area contributed by atoms with Crippen molar-refractivity contribution in [1.29, 1.82) is 0 Å². The molecule has 0 aliphatic heterocycles. The summed E-state index contributed by atoms with van der Waals surface area (Å²) < 4.78 is 10.1. The second-order valence-corrected chi connectivity index (χ2v) is 9.40. The first-order valence-electron chi connectivity index (χ1n) is 8.90. The normalized spacial score (nSPS) is 11.5. The summed E-state index contributed by atoms with van der Waals surface area (Å²) in [5.41, 5.74) is 1.57. The molecule has 152 valence electrons. The highest BCUT2D eigenvalue weighted by Crippen LogP contribution is 2.31. The van der Waals surface area contributed by atoms with Crippen LogP contribution in [0.3, 0.4) is 0 Å². The van der Waals surface area contributed by atoms with Crippen molar-refractivity contribution in [3.05, 3.63) is 57.6 Å². The number of carboxylic acids is 1. The van der Waals surface area contributed by atoms with E-state index in [4.69, 9.17) is 16.3 Å². The van der Waals surface area contributed by atoms with Crippen LogP contribution >= 0.6 is 34.9 Å². The third-order valence-corrected chi connectivity index (χ3v) is 6.60. The van der Waals surface area contributed by atoms with E-state index in [1.54, 1.807) is 11.8 Å². The zero-order valence-corrected chi connectivity index (χ0v) is 18.9. The minimum Gasteiger partial charge on any atom is -0.478 e. The van der Waals surface area contributed by atoms with Crippen LogP contribution in [0.1, 0.15) is 30.0 Å². The SMILES string of the molecule is Cc1cc(-c2nsc(CSc3ccc(OC(C)(C)C(=O)O)c(C)c3)n2)ccc1Cl. The highest BCUT2D eigenvalue weighted by atomic mass is 35.5. The van der Waals surface area contributed by atoms with Crippen LogP contribution in [-0.2, 0) is 10.5 Å². The van der Waals surface area contributed by atoms with Crippen LogP contribution in [0.25, 0.3) is 11.4 Å². The maximum Gasteiger partial charge on any atom is 0.347 e. The number of thioether (sulfide) groups is 1. The number of ether oxygens (including phenoxy) is 1. The van der Waals surface area contributed by atoms with E-state index in [9.17, 15) is 9.90 Å². The Morgan fingerprint density at radius 1 is 1.21 bits per heavy atom. The fourth-order valence-corrected chi connectivity index (χ4v) is 4.25. The van der Waals surface area contributed by atoms with E-state index in [0.29, 0.717) is 17.3 Å². The number of aliphatic carboxylic acids is 1. The maximum atomic E-state index is 11.3. The minimum atomic E-state index is -1.28.